The lowest BCUT2D eigenvalue weighted by Gasteiger charge is -2.17. The summed E-state index contributed by atoms with van der Waals surface area (Å²) in [7, 11) is 1.90. The van der Waals surface area contributed by atoms with Crippen molar-refractivity contribution in [2.75, 3.05) is 20.2 Å². The normalized spacial score (nSPS) is 12.6. The third-order valence-corrected chi connectivity index (χ3v) is 5.27. The first-order valence-electron chi connectivity index (χ1n) is 11.3. The fourth-order valence-electron chi connectivity index (χ4n) is 3.57. The second-order valence-electron chi connectivity index (χ2n) is 7.78. The van der Waals surface area contributed by atoms with E-state index < -0.39 is 12.0 Å². The molecule has 0 saturated heterocycles. The number of allylic oxidation sites excluding steroid dienone is 1. The molecular formula is C28H32N2O3. The number of benzene rings is 3. The van der Waals surface area contributed by atoms with Crippen LogP contribution in [0.4, 0.5) is 0 Å². The zero-order chi connectivity index (χ0) is 23.6. The molecule has 0 amide bonds. The molecule has 0 fully saturated rings. The lowest BCUT2D eigenvalue weighted by atomic mass is 9.88. The molecule has 0 spiro atoms. The van der Waals surface area contributed by atoms with Crippen LogP contribution in [-0.4, -0.2) is 32.2 Å². The minimum absolute atomic E-state index is 0.453. The molecule has 3 rings (SSSR count). The fraction of sp³-hybridized carbons (Fsp3) is 0.250. The summed E-state index contributed by atoms with van der Waals surface area (Å²) in [4.78, 5) is 11.8. The Hall–Kier alpha value is -3.41. The molecule has 0 aliphatic heterocycles. The van der Waals surface area contributed by atoms with Gasteiger partial charge in [0.15, 0.2) is 0 Å². The Bertz CT molecular complexity index is 1060. The van der Waals surface area contributed by atoms with Crippen molar-refractivity contribution < 1.29 is 14.3 Å². The number of likely N-dealkylation sites (N-methyl/N-ethyl adjacent to an activating group) is 1. The van der Waals surface area contributed by atoms with Gasteiger partial charge in [-0.25, -0.2) is 4.79 Å². The van der Waals surface area contributed by atoms with Gasteiger partial charge in [-0.15, -0.1) is 0 Å². The van der Waals surface area contributed by atoms with Crippen molar-refractivity contribution in [2.45, 2.75) is 26.3 Å². The molecular weight excluding hydrogens is 412 g/mol. The largest absolute Gasteiger partial charge is 0.492 e. The molecule has 0 saturated carbocycles. The zero-order valence-corrected chi connectivity index (χ0v) is 19.5. The van der Waals surface area contributed by atoms with Crippen LogP contribution in [0.5, 0.6) is 11.5 Å². The number of nitrogens with one attached hydrogen (secondary N) is 1. The predicted molar refractivity (Wildman–Crippen MR) is 134 cm³/mol. The molecule has 0 unspecified atom stereocenters. The average Bonchev–Trinajstić information content (AvgIpc) is 2.84. The van der Waals surface area contributed by atoms with Crippen LogP contribution in [0.25, 0.3) is 11.1 Å². The van der Waals surface area contributed by atoms with Crippen molar-refractivity contribution in [1.29, 1.82) is 0 Å². The van der Waals surface area contributed by atoms with Gasteiger partial charge < -0.3 is 20.5 Å². The highest BCUT2D eigenvalue weighted by Gasteiger charge is 2.15. The molecule has 0 bridgehead atoms. The van der Waals surface area contributed by atoms with Crippen LogP contribution in [0.3, 0.4) is 0 Å². The second-order valence-corrected chi connectivity index (χ2v) is 7.78. The summed E-state index contributed by atoms with van der Waals surface area (Å²) in [6, 6.07) is 25.5. The molecule has 1 atom stereocenters. The number of rotatable bonds is 10. The van der Waals surface area contributed by atoms with E-state index in [0.29, 0.717) is 12.4 Å². The Morgan fingerprint density at radius 1 is 0.879 bits per heavy atom. The van der Waals surface area contributed by atoms with E-state index in [0.717, 1.165) is 35.4 Å². The number of carbonyl (C=O) groups is 1. The van der Waals surface area contributed by atoms with Gasteiger partial charge >= 0.3 is 5.97 Å². The highest BCUT2D eigenvalue weighted by Crippen LogP contribution is 2.35. The molecule has 0 aliphatic carbocycles. The van der Waals surface area contributed by atoms with Crippen molar-refractivity contribution in [3.05, 3.63) is 95.6 Å². The molecule has 3 aromatic carbocycles. The second kappa shape index (κ2) is 12.0. The maximum absolute atomic E-state index is 11.8. The van der Waals surface area contributed by atoms with Crippen molar-refractivity contribution in [3.63, 3.8) is 0 Å². The Kier molecular flexibility index (Phi) is 8.81. The van der Waals surface area contributed by atoms with Gasteiger partial charge in [0.05, 0.1) is 0 Å². The van der Waals surface area contributed by atoms with Crippen LogP contribution < -0.4 is 20.5 Å². The maximum atomic E-state index is 11.8. The quantitative estimate of drug-likeness (QED) is 0.201. The molecule has 33 heavy (non-hydrogen) atoms. The van der Waals surface area contributed by atoms with Gasteiger partial charge in [0.1, 0.15) is 24.1 Å². The highest BCUT2D eigenvalue weighted by molar-refractivity contribution is 5.98. The minimum atomic E-state index is -0.668. The fourth-order valence-corrected chi connectivity index (χ4v) is 3.57. The summed E-state index contributed by atoms with van der Waals surface area (Å²) >= 11 is 0. The summed E-state index contributed by atoms with van der Waals surface area (Å²) in [6.07, 6.45) is 0.862. The summed E-state index contributed by atoms with van der Waals surface area (Å²) in [5, 5.41) is 3.08. The third-order valence-electron chi connectivity index (χ3n) is 5.27. The van der Waals surface area contributed by atoms with E-state index in [2.05, 4.69) is 48.6 Å². The van der Waals surface area contributed by atoms with Crippen LogP contribution in [-0.2, 0) is 4.79 Å². The number of carbonyl (C=O) groups excluding carboxylic acids is 1. The van der Waals surface area contributed by atoms with Gasteiger partial charge in [-0.2, -0.15) is 0 Å². The summed E-state index contributed by atoms with van der Waals surface area (Å²) < 4.78 is 11.1. The number of hydrogen-bond acceptors (Lipinski definition) is 5. The average molecular weight is 445 g/mol. The van der Waals surface area contributed by atoms with Crippen LogP contribution >= 0.6 is 0 Å². The SMILES string of the molecule is CC/C(=C(/c1ccc(OCCNC)cc1)c1ccc(OC(=O)[C@H](C)N)cc1)c1ccccc1. The van der Waals surface area contributed by atoms with Crippen LogP contribution in [0, 0.1) is 0 Å². The lowest BCUT2D eigenvalue weighted by molar-refractivity contribution is -0.135. The zero-order valence-electron chi connectivity index (χ0n) is 19.5. The van der Waals surface area contributed by atoms with Crippen molar-refractivity contribution in [2.24, 2.45) is 5.73 Å². The van der Waals surface area contributed by atoms with E-state index in [9.17, 15) is 4.79 Å². The molecule has 5 nitrogen and oxygen atoms in total. The number of ether oxygens (including phenoxy) is 2. The molecule has 0 aromatic heterocycles. The third kappa shape index (κ3) is 6.54. The Labute approximate surface area is 196 Å². The van der Waals surface area contributed by atoms with Gasteiger partial charge in [0.2, 0.25) is 0 Å². The first-order chi connectivity index (χ1) is 16.0. The maximum Gasteiger partial charge on any atom is 0.328 e. The van der Waals surface area contributed by atoms with Crippen molar-refractivity contribution in [3.8, 4) is 11.5 Å². The minimum Gasteiger partial charge on any atom is -0.492 e. The standard InChI is InChI=1S/C28H32N2O3/c1-4-26(21-8-6-5-7-9-21)27(22-10-14-24(15-11-22)32-19-18-30-3)23-12-16-25(17-13-23)33-28(31)20(2)29/h5-17,20,30H,4,18-19,29H2,1-3H3/b27-26+/t20-/m0/s1. The van der Waals surface area contributed by atoms with Gasteiger partial charge in [-0.1, -0.05) is 61.5 Å². The van der Waals surface area contributed by atoms with Crippen molar-refractivity contribution >= 4 is 17.1 Å². The predicted octanol–water partition coefficient (Wildman–Crippen LogP) is 4.91. The summed E-state index contributed by atoms with van der Waals surface area (Å²) in [5.41, 5.74) is 11.3. The van der Waals surface area contributed by atoms with Gasteiger partial charge in [0, 0.05) is 6.54 Å². The first-order valence-corrected chi connectivity index (χ1v) is 11.3. The Balaban J connectivity index is 2.01. The van der Waals surface area contributed by atoms with Crippen LogP contribution in [0.15, 0.2) is 78.9 Å². The van der Waals surface area contributed by atoms with E-state index in [-0.39, 0.29) is 0 Å². The molecule has 0 aliphatic rings. The molecule has 3 N–H and O–H groups in total. The molecule has 3 aromatic rings. The molecule has 172 valence electrons. The number of hydrogen-bond donors (Lipinski definition) is 2. The summed E-state index contributed by atoms with van der Waals surface area (Å²) in [6.45, 7) is 5.18. The van der Waals surface area contributed by atoms with E-state index in [4.69, 9.17) is 15.2 Å². The monoisotopic (exact) mass is 444 g/mol. The van der Waals surface area contributed by atoms with E-state index in [1.807, 2.05) is 49.5 Å². The summed E-state index contributed by atoms with van der Waals surface area (Å²) in [5.74, 6) is 0.863. The first kappa shape index (κ1) is 24.2. The van der Waals surface area contributed by atoms with Gasteiger partial charge in [-0.05, 0) is 72.5 Å². The lowest BCUT2D eigenvalue weighted by Crippen LogP contribution is -2.30. The molecule has 0 heterocycles. The Morgan fingerprint density at radius 3 is 1.97 bits per heavy atom. The topological polar surface area (TPSA) is 73.6 Å². The molecule has 0 radical (unpaired) electrons. The Morgan fingerprint density at radius 2 is 1.45 bits per heavy atom. The van der Waals surface area contributed by atoms with E-state index in [1.165, 1.54) is 11.1 Å². The van der Waals surface area contributed by atoms with Crippen LogP contribution in [0.2, 0.25) is 0 Å². The van der Waals surface area contributed by atoms with Crippen molar-refractivity contribution in [1.82, 2.24) is 5.32 Å². The van der Waals surface area contributed by atoms with E-state index >= 15 is 0 Å². The van der Waals surface area contributed by atoms with Gasteiger partial charge in [0.25, 0.3) is 0 Å². The van der Waals surface area contributed by atoms with E-state index in [1.54, 1.807) is 6.92 Å². The van der Waals surface area contributed by atoms with Crippen LogP contribution in [0.1, 0.15) is 37.0 Å². The highest BCUT2D eigenvalue weighted by atomic mass is 16.5. The van der Waals surface area contributed by atoms with Gasteiger partial charge in [-0.3, -0.25) is 0 Å². The molecule has 5 heteroatoms. The number of nitrogens with two attached hydrogens (primary N) is 1. The smallest absolute Gasteiger partial charge is 0.328 e. The number of esters is 1.